The number of para-hydroxylation sites is 1. The van der Waals surface area contributed by atoms with Crippen LogP contribution in [0.5, 0.6) is 0 Å². The highest BCUT2D eigenvalue weighted by atomic mass is 35.5. The van der Waals surface area contributed by atoms with Crippen LogP contribution in [0.3, 0.4) is 0 Å². The number of amides is 2. The molecule has 3 aromatic rings. The monoisotopic (exact) mass is 489 g/mol. The lowest BCUT2D eigenvalue weighted by Crippen LogP contribution is -2.49. The molecule has 1 aliphatic heterocycles. The highest BCUT2D eigenvalue weighted by molar-refractivity contribution is 6.30. The van der Waals surface area contributed by atoms with E-state index in [9.17, 15) is 19.2 Å². The van der Waals surface area contributed by atoms with Gasteiger partial charge in [0.25, 0.3) is 5.91 Å². The average Bonchev–Trinajstić information content (AvgIpc) is 2.88. The van der Waals surface area contributed by atoms with Crippen LogP contribution in [0.25, 0.3) is 0 Å². The van der Waals surface area contributed by atoms with E-state index in [1.54, 1.807) is 21.9 Å². The van der Waals surface area contributed by atoms with Crippen molar-refractivity contribution in [2.75, 3.05) is 9.80 Å². The number of rotatable bonds is 6. The van der Waals surface area contributed by atoms with E-state index in [1.807, 2.05) is 43.3 Å². The number of nitrogens with zero attached hydrogens (tertiary/aromatic N) is 3. The van der Waals surface area contributed by atoms with Crippen molar-refractivity contribution in [2.45, 2.75) is 44.7 Å². The summed E-state index contributed by atoms with van der Waals surface area (Å²) in [4.78, 5) is 30.3. The summed E-state index contributed by atoms with van der Waals surface area (Å²) in [5, 5.41) is 9.87. The van der Waals surface area contributed by atoms with Gasteiger partial charge in [0, 0.05) is 40.8 Å². The topological polar surface area (TPSA) is 64.4 Å². The fourth-order valence-corrected chi connectivity index (χ4v) is 4.80. The molecule has 2 amide bonds. The first-order valence-corrected chi connectivity index (χ1v) is 11.9. The summed E-state index contributed by atoms with van der Waals surface area (Å²) in [5.41, 5.74) is 2.61. The first-order chi connectivity index (χ1) is 16.9. The van der Waals surface area contributed by atoms with Gasteiger partial charge in [0.15, 0.2) is 0 Å². The smallest absolute Gasteiger partial charge is 0.258 e. The zero-order chi connectivity index (χ0) is 24.9. The molecule has 0 bridgehead atoms. The van der Waals surface area contributed by atoms with Gasteiger partial charge in [-0.15, -0.1) is 0 Å². The van der Waals surface area contributed by atoms with E-state index < -0.39 is 5.82 Å². The molecular formula is C28H25ClFN3O2. The van der Waals surface area contributed by atoms with E-state index in [1.165, 1.54) is 24.3 Å². The Morgan fingerprint density at radius 1 is 1.09 bits per heavy atom. The van der Waals surface area contributed by atoms with Crippen molar-refractivity contribution in [3.63, 3.8) is 0 Å². The molecule has 1 aliphatic rings. The maximum atomic E-state index is 13.6. The van der Waals surface area contributed by atoms with Crippen LogP contribution in [0.2, 0.25) is 5.02 Å². The zero-order valence-corrected chi connectivity index (χ0v) is 20.1. The molecule has 0 radical (unpaired) electrons. The molecule has 0 saturated carbocycles. The Morgan fingerprint density at radius 3 is 2.43 bits per heavy atom. The van der Waals surface area contributed by atoms with Crippen LogP contribution in [0, 0.1) is 17.1 Å². The van der Waals surface area contributed by atoms with Crippen molar-refractivity contribution >= 4 is 34.8 Å². The lowest BCUT2D eigenvalue weighted by atomic mass is 9.86. The Hall–Kier alpha value is -3.69. The van der Waals surface area contributed by atoms with Crippen LogP contribution < -0.4 is 9.80 Å². The van der Waals surface area contributed by atoms with E-state index in [0.29, 0.717) is 35.5 Å². The third kappa shape index (κ3) is 5.06. The van der Waals surface area contributed by atoms with Gasteiger partial charge in [-0.2, -0.15) is 5.26 Å². The Kier molecular flexibility index (Phi) is 7.48. The van der Waals surface area contributed by atoms with Crippen LogP contribution in [-0.4, -0.2) is 17.9 Å². The summed E-state index contributed by atoms with van der Waals surface area (Å²) in [5.74, 6) is -0.735. The van der Waals surface area contributed by atoms with Crippen LogP contribution in [-0.2, 0) is 4.79 Å². The van der Waals surface area contributed by atoms with Crippen molar-refractivity contribution in [1.29, 1.82) is 5.26 Å². The van der Waals surface area contributed by atoms with E-state index in [-0.39, 0.29) is 30.3 Å². The maximum Gasteiger partial charge on any atom is 0.258 e. The molecule has 0 saturated heterocycles. The van der Waals surface area contributed by atoms with Gasteiger partial charge in [-0.3, -0.25) is 9.59 Å². The maximum absolute atomic E-state index is 13.6. The second-order valence-electron chi connectivity index (χ2n) is 8.44. The van der Waals surface area contributed by atoms with Crippen LogP contribution >= 0.6 is 11.6 Å². The fourth-order valence-electron chi connectivity index (χ4n) is 4.67. The number of hydrogen-bond acceptors (Lipinski definition) is 3. The molecule has 0 N–H and O–H groups in total. The molecular weight excluding hydrogens is 465 g/mol. The first-order valence-electron chi connectivity index (χ1n) is 11.6. The predicted molar refractivity (Wildman–Crippen MR) is 135 cm³/mol. The summed E-state index contributed by atoms with van der Waals surface area (Å²) in [7, 11) is 0. The lowest BCUT2D eigenvalue weighted by Gasteiger charge is -2.44. The van der Waals surface area contributed by atoms with Gasteiger partial charge in [0.1, 0.15) is 5.82 Å². The molecule has 2 atom stereocenters. The van der Waals surface area contributed by atoms with Gasteiger partial charge in [-0.25, -0.2) is 4.39 Å². The van der Waals surface area contributed by atoms with Gasteiger partial charge in [-0.05, 0) is 73.0 Å². The minimum atomic E-state index is -0.418. The van der Waals surface area contributed by atoms with Crippen molar-refractivity contribution in [3.8, 4) is 6.07 Å². The molecule has 0 aliphatic carbocycles. The van der Waals surface area contributed by atoms with Gasteiger partial charge < -0.3 is 9.80 Å². The summed E-state index contributed by atoms with van der Waals surface area (Å²) in [6, 6.07) is 21.6. The summed E-state index contributed by atoms with van der Waals surface area (Å²) < 4.78 is 13.5. The Morgan fingerprint density at radius 2 is 1.77 bits per heavy atom. The lowest BCUT2D eigenvalue weighted by molar-refractivity contribution is -0.118. The summed E-state index contributed by atoms with van der Waals surface area (Å²) in [6.45, 7) is 1.82. The molecule has 178 valence electrons. The van der Waals surface area contributed by atoms with Gasteiger partial charge >= 0.3 is 0 Å². The number of hydrogen-bond donors (Lipinski definition) is 0. The number of fused-ring (bicyclic) bond motifs is 1. The number of halogens is 2. The number of anilines is 2. The largest absolute Gasteiger partial charge is 0.305 e. The SMILES string of the molecule is CCC(=O)N(c1ccc(Cl)cc1)[C@@H]1C[C@H](CCC#N)N(C(=O)c2ccc(F)cc2)c2ccccc21. The zero-order valence-electron chi connectivity index (χ0n) is 19.3. The fraction of sp³-hybridized carbons (Fsp3) is 0.250. The summed E-state index contributed by atoms with van der Waals surface area (Å²) >= 11 is 6.10. The van der Waals surface area contributed by atoms with Crippen molar-refractivity contribution in [3.05, 3.63) is 94.8 Å². The third-order valence-electron chi connectivity index (χ3n) is 6.30. The van der Waals surface area contributed by atoms with Crippen LogP contribution in [0.1, 0.15) is 54.6 Å². The quantitative estimate of drug-likeness (QED) is 0.387. The van der Waals surface area contributed by atoms with Gasteiger partial charge in [-0.1, -0.05) is 36.7 Å². The Balaban J connectivity index is 1.83. The van der Waals surface area contributed by atoms with Crippen molar-refractivity contribution < 1.29 is 14.0 Å². The molecule has 5 nitrogen and oxygen atoms in total. The molecule has 1 heterocycles. The van der Waals surface area contributed by atoms with Crippen LogP contribution in [0.4, 0.5) is 15.8 Å². The Labute approximate surface area is 209 Å². The van der Waals surface area contributed by atoms with Gasteiger partial charge in [0.2, 0.25) is 5.91 Å². The predicted octanol–water partition coefficient (Wildman–Crippen LogP) is 6.69. The number of nitriles is 1. The minimum absolute atomic E-state index is 0.0514. The summed E-state index contributed by atoms with van der Waals surface area (Å²) in [6.07, 6.45) is 1.47. The Bertz CT molecular complexity index is 1250. The third-order valence-corrected chi connectivity index (χ3v) is 6.55. The second kappa shape index (κ2) is 10.7. The molecule has 7 heteroatoms. The molecule has 0 spiro atoms. The minimum Gasteiger partial charge on any atom is -0.305 e. The molecule has 35 heavy (non-hydrogen) atoms. The highest BCUT2D eigenvalue weighted by Gasteiger charge is 2.40. The molecule has 4 rings (SSSR count). The van der Waals surface area contributed by atoms with E-state index >= 15 is 0 Å². The van der Waals surface area contributed by atoms with Crippen molar-refractivity contribution in [2.24, 2.45) is 0 Å². The van der Waals surface area contributed by atoms with Crippen LogP contribution in [0.15, 0.2) is 72.8 Å². The molecule has 0 unspecified atom stereocenters. The van der Waals surface area contributed by atoms with E-state index in [0.717, 1.165) is 11.3 Å². The normalized spacial score (nSPS) is 16.8. The number of benzene rings is 3. The van der Waals surface area contributed by atoms with E-state index in [4.69, 9.17) is 11.6 Å². The second-order valence-corrected chi connectivity index (χ2v) is 8.87. The van der Waals surface area contributed by atoms with Crippen molar-refractivity contribution in [1.82, 2.24) is 0 Å². The number of carbonyl (C=O) groups excluding carboxylic acids is 2. The first kappa shape index (κ1) is 24.4. The molecule has 0 fully saturated rings. The molecule has 0 aromatic heterocycles. The number of carbonyl (C=O) groups is 2. The molecule has 3 aromatic carbocycles. The van der Waals surface area contributed by atoms with Gasteiger partial charge in [0.05, 0.1) is 12.1 Å². The average molecular weight is 490 g/mol. The standard InChI is InChI=1S/C28H25ClFN3O2/c1-2-27(34)32(22-15-11-20(29)12-16-22)26-18-23(6-5-17-31)33(25-8-4-3-7-24(25)26)28(35)19-9-13-21(30)14-10-19/h3-4,7-16,23,26H,2,5-6,18H2,1H3/t23-,26+/m0/s1. The van der Waals surface area contributed by atoms with E-state index in [2.05, 4.69) is 6.07 Å². The highest BCUT2D eigenvalue weighted by Crippen LogP contribution is 2.44.